The molecule has 0 bridgehead atoms. The number of rotatable bonds is 9. The summed E-state index contributed by atoms with van der Waals surface area (Å²) in [5, 5.41) is 4.96. The highest BCUT2D eigenvalue weighted by atomic mass is 32.2. The van der Waals surface area contributed by atoms with Gasteiger partial charge in [0.25, 0.3) is 5.91 Å². The average molecular weight is 477 g/mol. The summed E-state index contributed by atoms with van der Waals surface area (Å²) in [6.07, 6.45) is 3.32. The second-order valence-electron chi connectivity index (χ2n) is 6.07. The van der Waals surface area contributed by atoms with Crippen molar-refractivity contribution in [3.8, 4) is 0 Å². The molecule has 0 radical (unpaired) electrons. The van der Waals surface area contributed by atoms with Gasteiger partial charge >= 0.3 is 5.97 Å². The number of amides is 2. The number of anilines is 1. The van der Waals surface area contributed by atoms with Gasteiger partial charge < -0.3 is 14.6 Å². The molecule has 1 aromatic carbocycles. The number of fused-ring (bicyclic) bond motifs is 1. The first-order valence-corrected chi connectivity index (χ1v) is 12.1. The summed E-state index contributed by atoms with van der Waals surface area (Å²) in [5.41, 5.74) is 1.29. The van der Waals surface area contributed by atoms with E-state index in [-0.39, 0.29) is 23.3 Å². The van der Waals surface area contributed by atoms with Gasteiger partial charge in [-0.25, -0.2) is 9.78 Å². The lowest BCUT2D eigenvalue weighted by Gasteiger charge is -2.03. The van der Waals surface area contributed by atoms with Gasteiger partial charge in [-0.1, -0.05) is 17.4 Å². The number of aromatic nitrogens is 2. The number of allylic oxidation sites excluding steroid dienone is 1. The lowest BCUT2D eigenvalue weighted by atomic mass is 10.2. The fraction of sp³-hybridized carbons (Fsp3) is 0.250. The highest BCUT2D eigenvalue weighted by Crippen LogP contribution is 2.20. The van der Waals surface area contributed by atoms with Crippen molar-refractivity contribution >= 4 is 67.6 Å². The summed E-state index contributed by atoms with van der Waals surface area (Å²) in [4.78, 5) is 45.0. The Hall–Kier alpha value is -2.76. The molecule has 0 unspecified atom stereocenters. The van der Waals surface area contributed by atoms with Crippen molar-refractivity contribution in [3.63, 3.8) is 0 Å². The fourth-order valence-electron chi connectivity index (χ4n) is 2.62. The molecule has 162 valence electrons. The van der Waals surface area contributed by atoms with Crippen LogP contribution in [0, 0.1) is 0 Å². The van der Waals surface area contributed by atoms with Crippen molar-refractivity contribution < 1.29 is 19.1 Å². The molecule has 31 heavy (non-hydrogen) atoms. The van der Waals surface area contributed by atoms with Gasteiger partial charge in [-0.3, -0.25) is 9.59 Å². The first-order chi connectivity index (χ1) is 15.0. The Morgan fingerprint density at radius 3 is 2.90 bits per heavy atom. The number of esters is 1. The summed E-state index contributed by atoms with van der Waals surface area (Å²) in [6.45, 7) is 6.28. The molecule has 8 nitrogen and oxygen atoms in total. The van der Waals surface area contributed by atoms with Gasteiger partial charge in [0, 0.05) is 18.1 Å². The minimum Gasteiger partial charge on any atom is -0.462 e. The van der Waals surface area contributed by atoms with Crippen LogP contribution in [0.15, 0.2) is 47.4 Å². The molecule has 0 aliphatic carbocycles. The number of nitrogens with one attached hydrogen (secondary N) is 1. The zero-order chi connectivity index (χ0) is 22.2. The molecular weight excluding hydrogens is 456 g/mol. The molecule has 2 heterocycles. The Bertz CT molecular complexity index is 1170. The molecule has 0 fully saturated rings. The third-order valence-electron chi connectivity index (χ3n) is 3.86. The van der Waals surface area contributed by atoms with E-state index in [0.717, 1.165) is 10.2 Å². The van der Waals surface area contributed by atoms with E-state index in [0.29, 0.717) is 28.6 Å². The quantitative estimate of drug-likeness (QED) is 0.375. The highest BCUT2D eigenvalue weighted by molar-refractivity contribution is 8.00. The van der Waals surface area contributed by atoms with E-state index >= 15 is 0 Å². The molecule has 0 saturated heterocycles. The lowest BCUT2D eigenvalue weighted by Crippen LogP contribution is -2.18. The molecule has 2 amide bonds. The molecule has 0 spiro atoms. The largest absolute Gasteiger partial charge is 0.462 e. The molecule has 1 N–H and O–H groups in total. The molecule has 3 aromatic rings. The number of thioether (sulfide) groups is 1. The molecule has 11 heteroatoms. The van der Waals surface area contributed by atoms with E-state index in [2.05, 4.69) is 21.9 Å². The number of nitrogens with zero attached hydrogens (tertiary/aromatic N) is 3. The topological polar surface area (TPSA) is 103 Å². The molecule has 0 atom stereocenters. The Labute approximate surface area is 190 Å². The number of benzene rings is 1. The zero-order valence-electron chi connectivity index (χ0n) is 16.7. The van der Waals surface area contributed by atoms with Crippen molar-refractivity contribution in [1.29, 1.82) is 0 Å². The number of thiazole rings is 2. The van der Waals surface area contributed by atoms with Gasteiger partial charge in [-0.2, -0.15) is 4.99 Å². The van der Waals surface area contributed by atoms with Gasteiger partial charge in [0.1, 0.15) is 0 Å². The van der Waals surface area contributed by atoms with E-state index < -0.39 is 5.97 Å². The van der Waals surface area contributed by atoms with Crippen LogP contribution in [0.1, 0.15) is 17.3 Å². The average Bonchev–Trinajstić information content (AvgIpc) is 3.36. The Morgan fingerprint density at radius 1 is 1.35 bits per heavy atom. The van der Waals surface area contributed by atoms with Gasteiger partial charge in [0.2, 0.25) is 5.91 Å². The maximum Gasteiger partial charge on any atom is 0.338 e. The van der Waals surface area contributed by atoms with Gasteiger partial charge in [0.15, 0.2) is 9.93 Å². The standard InChI is InChI=1S/C20H20N4O4S3/c1-3-8-24-14-6-5-13(18(27)28-4-2)10-15(14)31-20(24)23-17(26)12-29-11-16(25)22-19-21-7-9-30-19/h3,5-7,9-10H,1,4,8,11-12H2,2H3,(H,21,22,25). The predicted octanol–water partition coefficient (Wildman–Crippen LogP) is 3.32. The van der Waals surface area contributed by atoms with Crippen LogP contribution in [-0.2, 0) is 20.9 Å². The number of ether oxygens (including phenoxy) is 1. The van der Waals surface area contributed by atoms with Crippen molar-refractivity contribution in [3.05, 3.63) is 52.8 Å². The number of hydrogen-bond acceptors (Lipinski definition) is 8. The van der Waals surface area contributed by atoms with Crippen LogP contribution in [0.4, 0.5) is 5.13 Å². The summed E-state index contributed by atoms with van der Waals surface area (Å²) >= 11 is 3.82. The molecular formula is C20H20N4O4S3. The fourth-order valence-corrected chi connectivity index (χ4v) is 4.86. The monoisotopic (exact) mass is 476 g/mol. The van der Waals surface area contributed by atoms with E-state index in [1.54, 1.807) is 36.7 Å². The lowest BCUT2D eigenvalue weighted by molar-refractivity contribution is -0.115. The molecule has 2 aromatic heterocycles. The molecule has 0 aliphatic rings. The minimum atomic E-state index is -0.393. The second-order valence-corrected chi connectivity index (χ2v) is 8.96. The predicted molar refractivity (Wildman–Crippen MR) is 125 cm³/mol. The van der Waals surface area contributed by atoms with Crippen LogP contribution in [0.5, 0.6) is 0 Å². The van der Waals surface area contributed by atoms with Crippen LogP contribution in [0.2, 0.25) is 0 Å². The Kier molecular flexibility index (Phi) is 8.15. The SMILES string of the molecule is C=CCn1c(=NC(=O)CSCC(=O)Nc2nccs2)sc2cc(C(=O)OCC)ccc21. The number of hydrogen-bond donors (Lipinski definition) is 1. The normalized spacial score (nSPS) is 11.5. The smallest absolute Gasteiger partial charge is 0.338 e. The van der Waals surface area contributed by atoms with Crippen molar-refractivity contribution in [2.45, 2.75) is 13.5 Å². The van der Waals surface area contributed by atoms with E-state index in [1.165, 1.54) is 34.4 Å². The molecule has 3 rings (SSSR count). The third-order valence-corrected chi connectivity index (χ3v) is 6.51. The van der Waals surface area contributed by atoms with Crippen LogP contribution < -0.4 is 10.1 Å². The van der Waals surface area contributed by atoms with Crippen LogP contribution in [-0.4, -0.2) is 45.4 Å². The highest BCUT2D eigenvalue weighted by Gasteiger charge is 2.12. The second kappa shape index (κ2) is 11.0. The Morgan fingerprint density at radius 2 is 2.19 bits per heavy atom. The molecule has 0 aliphatic heterocycles. The summed E-state index contributed by atoms with van der Waals surface area (Å²) in [6, 6.07) is 5.23. The summed E-state index contributed by atoms with van der Waals surface area (Å²) < 4.78 is 7.72. The number of carbonyl (C=O) groups is 3. The maximum atomic E-state index is 12.4. The van der Waals surface area contributed by atoms with E-state index in [4.69, 9.17) is 4.74 Å². The third kappa shape index (κ3) is 6.12. The first-order valence-electron chi connectivity index (χ1n) is 9.28. The first kappa shape index (κ1) is 22.9. The summed E-state index contributed by atoms with van der Waals surface area (Å²) in [5.74, 6) is -0.759. The Balaban J connectivity index is 1.72. The van der Waals surface area contributed by atoms with Crippen molar-refractivity contribution in [2.75, 3.05) is 23.4 Å². The van der Waals surface area contributed by atoms with Crippen molar-refractivity contribution in [1.82, 2.24) is 9.55 Å². The minimum absolute atomic E-state index is 0.0711. The van der Waals surface area contributed by atoms with Gasteiger partial charge in [-0.05, 0) is 25.1 Å². The van der Waals surface area contributed by atoms with Crippen LogP contribution in [0.25, 0.3) is 10.2 Å². The van der Waals surface area contributed by atoms with E-state index in [1.807, 2.05) is 10.6 Å². The van der Waals surface area contributed by atoms with Crippen molar-refractivity contribution in [2.24, 2.45) is 4.99 Å². The van der Waals surface area contributed by atoms with E-state index in [9.17, 15) is 14.4 Å². The van der Waals surface area contributed by atoms with Crippen LogP contribution >= 0.6 is 34.4 Å². The number of carbonyl (C=O) groups excluding carboxylic acids is 3. The van der Waals surface area contributed by atoms with Gasteiger partial charge in [0.05, 0.1) is 33.9 Å². The van der Waals surface area contributed by atoms with Gasteiger partial charge in [-0.15, -0.1) is 29.7 Å². The zero-order valence-corrected chi connectivity index (χ0v) is 19.1. The maximum absolute atomic E-state index is 12.4. The summed E-state index contributed by atoms with van der Waals surface area (Å²) in [7, 11) is 0. The van der Waals surface area contributed by atoms with Crippen LogP contribution in [0.3, 0.4) is 0 Å². The molecule has 0 saturated carbocycles.